The quantitative estimate of drug-likeness (QED) is 0.319. The Balaban J connectivity index is 2.03. The average Bonchev–Trinajstić information content (AvgIpc) is 3.15. The predicted molar refractivity (Wildman–Crippen MR) is 125 cm³/mol. The number of allylic oxidation sites excluding steroid dienone is 4. The number of Topliss-reactive ketones (excluding diaryl/α,β-unsaturated/α-hetero) is 2. The second-order valence-electron chi connectivity index (χ2n) is 10.1. The van der Waals surface area contributed by atoms with Crippen LogP contribution in [0.3, 0.4) is 0 Å². The monoisotopic (exact) mass is 486 g/mol. The fourth-order valence-corrected chi connectivity index (χ4v) is 7.43. The number of aromatic hydroxyl groups is 1. The van der Waals surface area contributed by atoms with Gasteiger partial charge in [0, 0.05) is 11.5 Å². The van der Waals surface area contributed by atoms with Gasteiger partial charge in [0.05, 0.1) is 18.1 Å². The van der Waals surface area contributed by atoms with Crippen molar-refractivity contribution in [3.63, 3.8) is 0 Å². The SMILES string of the molecule is COc1cc(O)c2c(c1)[C@@]13CC(=C(C)C)C[C@H]1[C@](C)(CCC=C(C)C)[C@@](Br)(C2=O)C3=O. The molecule has 1 aromatic rings. The van der Waals surface area contributed by atoms with Gasteiger partial charge in [-0.1, -0.05) is 45.6 Å². The summed E-state index contributed by atoms with van der Waals surface area (Å²) in [7, 11) is 1.53. The van der Waals surface area contributed by atoms with Gasteiger partial charge in [0.1, 0.15) is 11.5 Å². The van der Waals surface area contributed by atoms with E-state index in [2.05, 4.69) is 56.6 Å². The highest BCUT2D eigenvalue weighted by Gasteiger charge is 2.79. The van der Waals surface area contributed by atoms with E-state index in [0.717, 1.165) is 19.3 Å². The molecule has 0 aromatic heterocycles. The molecular weight excluding hydrogens is 456 g/mol. The molecule has 1 N–H and O–H groups in total. The maximum atomic E-state index is 14.2. The van der Waals surface area contributed by atoms with Crippen LogP contribution >= 0.6 is 15.9 Å². The number of phenolic OH excluding ortho intramolecular Hbond substituents is 1. The number of hydrogen-bond acceptors (Lipinski definition) is 4. The number of ether oxygens (including phenoxy) is 1. The molecule has 4 rings (SSSR count). The highest BCUT2D eigenvalue weighted by molar-refractivity contribution is 9.10. The van der Waals surface area contributed by atoms with Crippen LogP contribution in [0.15, 0.2) is 34.9 Å². The number of rotatable bonds is 4. The predicted octanol–water partition coefficient (Wildman–Crippen LogP) is 6.05. The normalized spacial score (nSPS) is 33.3. The van der Waals surface area contributed by atoms with Crippen molar-refractivity contribution in [1.29, 1.82) is 0 Å². The molecule has 3 aliphatic carbocycles. The average molecular weight is 487 g/mol. The number of carbonyl (C=O) groups is 2. The lowest BCUT2D eigenvalue weighted by Crippen LogP contribution is -2.54. The lowest BCUT2D eigenvalue weighted by atomic mass is 9.66. The number of halogens is 1. The molecule has 0 heterocycles. The van der Waals surface area contributed by atoms with Gasteiger partial charge >= 0.3 is 0 Å². The first kappa shape index (κ1) is 22.3. The Kier molecular flexibility index (Phi) is 5.08. The first-order valence-electron chi connectivity index (χ1n) is 10.9. The molecule has 0 aliphatic heterocycles. The molecular formula is C26H31BrO4. The van der Waals surface area contributed by atoms with Gasteiger partial charge < -0.3 is 9.84 Å². The van der Waals surface area contributed by atoms with E-state index < -0.39 is 15.2 Å². The minimum Gasteiger partial charge on any atom is -0.507 e. The number of hydrogen-bond donors (Lipinski definition) is 1. The zero-order valence-electron chi connectivity index (χ0n) is 19.2. The molecule has 0 amide bonds. The van der Waals surface area contributed by atoms with Gasteiger partial charge in [-0.05, 0) is 70.9 Å². The third kappa shape index (κ3) is 2.65. The van der Waals surface area contributed by atoms with E-state index in [4.69, 9.17) is 4.74 Å². The summed E-state index contributed by atoms with van der Waals surface area (Å²) in [6.07, 6.45) is 5.08. The fraction of sp³-hybridized carbons (Fsp3) is 0.538. The second kappa shape index (κ2) is 7.06. The maximum Gasteiger partial charge on any atom is 0.191 e. The van der Waals surface area contributed by atoms with E-state index in [1.54, 1.807) is 6.07 Å². The van der Waals surface area contributed by atoms with Gasteiger partial charge in [-0.2, -0.15) is 0 Å². The molecule has 4 atom stereocenters. The van der Waals surface area contributed by atoms with E-state index in [9.17, 15) is 14.7 Å². The summed E-state index contributed by atoms with van der Waals surface area (Å²) in [6, 6.07) is 3.28. The molecule has 0 radical (unpaired) electrons. The van der Waals surface area contributed by atoms with Crippen molar-refractivity contribution in [3.8, 4) is 11.5 Å². The Morgan fingerprint density at radius 3 is 2.52 bits per heavy atom. The number of carbonyl (C=O) groups excluding carboxylic acids is 2. The second-order valence-corrected chi connectivity index (χ2v) is 11.3. The summed E-state index contributed by atoms with van der Waals surface area (Å²) < 4.78 is 4.08. The van der Waals surface area contributed by atoms with Crippen molar-refractivity contribution in [3.05, 3.63) is 46.1 Å². The van der Waals surface area contributed by atoms with E-state index in [0.29, 0.717) is 17.7 Å². The summed E-state index contributed by atoms with van der Waals surface area (Å²) in [4.78, 5) is 28.1. The number of benzene rings is 1. The van der Waals surface area contributed by atoms with Crippen molar-refractivity contribution >= 4 is 27.5 Å². The Labute approximate surface area is 192 Å². The fourth-order valence-electron chi connectivity index (χ4n) is 6.40. The molecule has 1 aromatic carbocycles. The maximum absolute atomic E-state index is 14.2. The standard InChI is InChI=1S/C26H31BrO4/c1-14(2)8-7-9-24(5)20-10-16(15(3)4)13-25(20)18-11-17(31-6)12-19(28)21(18)22(29)26(24,27)23(25)30/h8,11-12,20,28H,7,9-10,13H2,1-6H3/t20-,24-,25-,26+/m0/s1. The smallest absolute Gasteiger partial charge is 0.191 e. The van der Waals surface area contributed by atoms with Gasteiger partial charge in [-0.3, -0.25) is 9.59 Å². The van der Waals surface area contributed by atoms with Crippen molar-refractivity contribution in [2.45, 2.75) is 70.0 Å². The van der Waals surface area contributed by atoms with Crippen LogP contribution in [0.25, 0.3) is 0 Å². The first-order valence-corrected chi connectivity index (χ1v) is 11.7. The molecule has 2 fully saturated rings. The van der Waals surface area contributed by atoms with Crippen LogP contribution < -0.4 is 4.74 Å². The molecule has 2 saturated carbocycles. The highest BCUT2D eigenvalue weighted by atomic mass is 79.9. The van der Waals surface area contributed by atoms with Gasteiger partial charge in [0.2, 0.25) is 0 Å². The van der Waals surface area contributed by atoms with Crippen LogP contribution in [0.1, 0.15) is 76.2 Å². The molecule has 0 unspecified atom stereocenters. The molecule has 5 heteroatoms. The van der Waals surface area contributed by atoms with Gasteiger partial charge in [-0.15, -0.1) is 0 Å². The molecule has 31 heavy (non-hydrogen) atoms. The molecule has 4 nitrogen and oxygen atoms in total. The largest absolute Gasteiger partial charge is 0.507 e. The topological polar surface area (TPSA) is 63.6 Å². The van der Waals surface area contributed by atoms with Crippen molar-refractivity contribution < 1.29 is 19.4 Å². The Bertz CT molecular complexity index is 1060. The molecule has 3 aliphatic rings. The Morgan fingerprint density at radius 2 is 1.94 bits per heavy atom. The summed E-state index contributed by atoms with van der Waals surface area (Å²) >= 11 is 3.73. The van der Waals surface area contributed by atoms with Crippen LogP contribution in [0, 0.1) is 11.3 Å². The minimum absolute atomic E-state index is 0.0287. The molecule has 2 bridgehead atoms. The lowest BCUT2D eigenvalue weighted by molar-refractivity contribution is -0.124. The van der Waals surface area contributed by atoms with Crippen molar-refractivity contribution in [2.24, 2.45) is 11.3 Å². The number of methoxy groups -OCH3 is 1. The number of fused-ring (bicyclic) bond motifs is 2. The van der Waals surface area contributed by atoms with Crippen LogP contribution in [0.4, 0.5) is 0 Å². The van der Waals surface area contributed by atoms with Crippen LogP contribution in [-0.2, 0) is 10.2 Å². The third-order valence-electron chi connectivity index (χ3n) is 8.08. The zero-order valence-corrected chi connectivity index (χ0v) is 20.8. The number of alkyl halides is 1. The summed E-state index contributed by atoms with van der Waals surface area (Å²) in [5, 5.41) is 10.9. The van der Waals surface area contributed by atoms with Crippen molar-refractivity contribution in [1.82, 2.24) is 0 Å². The van der Waals surface area contributed by atoms with Crippen LogP contribution in [0.2, 0.25) is 0 Å². The summed E-state index contributed by atoms with van der Waals surface area (Å²) in [6.45, 7) is 10.4. The van der Waals surface area contributed by atoms with E-state index in [-0.39, 0.29) is 28.8 Å². The van der Waals surface area contributed by atoms with E-state index in [1.165, 1.54) is 29.9 Å². The molecule has 1 spiro atoms. The number of phenols is 1. The summed E-state index contributed by atoms with van der Waals surface area (Å²) in [5.74, 6) is -0.0277. The van der Waals surface area contributed by atoms with Gasteiger partial charge in [0.25, 0.3) is 0 Å². The molecule has 0 saturated heterocycles. The highest BCUT2D eigenvalue weighted by Crippen LogP contribution is 2.73. The number of ketones is 2. The van der Waals surface area contributed by atoms with E-state index in [1.807, 2.05) is 0 Å². The summed E-state index contributed by atoms with van der Waals surface area (Å²) in [5.41, 5.74) is 3.25. The van der Waals surface area contributed by atoms with Crippen LogP contribution in [0.5, 0.6) is 11.5 Å². The Morgan fingerprint density at radius 1 is 1.26 bits per heavy atom. The first-order chi connectivity index (χ1) is 14.4. The molecule has 166 valence electrons. The zero-order chi connectivity index (χ0) is 22.9. The van der Waals surface area contributed by atoms with Gasteiger partial charge in [-0.25, -0.2) is 0 Å². The Hall–Kier alpha value is -1.88. The van der Waals surface area contributed by atoms with E-state index >= 15 is 0 Å². The van der Waals surface area contributed by atoms with Gasteiger partial charge in [0.15, 0.2) is 15.9 Å². The third-order valence-corrected chi connectivity index (χ3v) is 9.71. The minimum atomic E-state index is -1.33. The lowest BCUT2D eigenvalue weighted by Gasteiger charge is -2.40. The van der Waals surface area contributed by atoms with Crippen molar-refractivity contribution in [2.75, 3.05) is 7.11 Å². The van der Waals surface area contributed by atoms with Crippen LogP contribution in [-0.4, -0.2) is 28.1 Å².